The van der Waals surface area contributed by atoms with Crippen LogP contribution in [-0.2, 0) is 26.6 Å². The van der Waals surface area contributed by atoms with E-state index in [9.17, 15) is 0 Å². The van der Waals surface area contributed by atoms with Gasteiger partial charge < -0.3 is 26.6 Å². The second-order valence-electron chi connectivity index (χ2n) is 7.79. The number of rotatable bonds is 9. The summed E-state index contributed by atoms with van der Waals surface area (Å²) in [6.07, 6.45) is 1.94. The Morgan fingerprint density at radius 1 is 0.542 bits per heavy atom. The number of hydrogen-bond donors (Lipinski definition) is 0. The molecule has 1 heterocycles. The molecule has 0 aromatic rings. The monoisotopic (exact) mass is 396 g/mol. The van der Waals surface area contributed by atoms with E-state index in [0.717, 1.165) is 0 Å². The largest absolute Gasteiger partial charge is 0.413 e. The van der Waals surface area contributed by atoms with Crippen molar-refractivity contribution in [2.45, 2.75) is 79.5 Å². The van der Waals surface area contributed by atoms with E-state index < -0.39 is 25.7 Å². The molecule has 1 aliphatic heterocycles. The van der Waals surface area contributed by atoms with Crippen LogP contribution in [0.5, 0.6) is 0 Å². The van der Waals surface area contributed by atoms with Gasteiger partial charge in [0, 0.05) is 0 Å². The Bertz CT molecular complexity index is 328. The Morgan fingerprint density at radius 3 is 0.917 bits per heavy atom. The maximum Gasteiger partial charge on any atom is 0.344 e. The van der Waals surface area contributed by atoms with Gasteiger partial charge in [0.25, 0.3) is 0 Å². The van der Waals surface area contributed by atoms with Crippen molar-refractivity contribution >= 4 is 25.7 Å². The fraction of sp³-hybridized carbons (Fsp3) is 1.00. The van der Waals surface area contributed by atoms with Crippen molar-refractivity contribution in [2.24, 2.45) is 0 Å². The molecule has 0 bridgehead atoms. The van der Waals surface area contributed by atoms with Crippen molar-refractivity contribution in [2.75, 3.05) is 18.7 Å². The molecular weight excluding hydrogens is 360 g/mol. The fourth-order valence-corrected chi connectivity index (χ4v) is 18.5. The molecule has 0 radical (unpaired) electrons. The minimum Gasteiger partial charge on any atom is -0.413 e. The van der Waals surface area contributed by atoms with E-state index >= 15 is 0 Å². The van der Waals surface area contributed by atoms with E-state index in [1.807, 2.05) is 41.5 Å². The lowest BCUT2D eigenvalue weighted by atomic mass is 10.5. The van der Waals surface area contributed by atoms with Gasteiger partial charge in [-0.1, -0.05) is 0 Å². The molecule has 0 atom stereocenters. The minimum absolute atomic E-state index is 0.143. The van der Waals surface area contributed by atoms with E-state index in [1.165, 1.54) is 0 Å². The molecular formula is C15H36O6Si3. The number of ether oxygens (including phenoxy) is 3. The molecule has 6 nitrogen and oxygen atoms in total. The summed E-state index contributed by atoms with van der Waals surface area (Å²) in [7, 11) is -7.49. The highest BCUT2D eigenvalue weighted by atomic mass is 28.5. The predicted molar refractivity (Wildman–Crippen MR) is 101 cm³/mol. The summed E-state index contributed by atoms with van der Waals surface area (Å²) in [5, 5.41) is 0. The molecule has 1 fully saturated rings. The lowest BCUT2D eigenvalue weighted by Gasteiger charge is -2.49. The third-order valence-electron chi connectivity index (χ3n) is 3.33. The third-order valence-corrected chi connectivity index (χ3v) is 15.8. The second kappa shape index (κ2) is 8.87. The summed E-state index contributed by atoms with van der Waals surface area (Å²) in [5.74, 6) is 0. The maximum absolute atomic E-state index is 6.43. The van der Waals surface area contributed by atoms with Gasteiger partial charge in [-0.2, -0.15) is 0 Å². The Hall–Kier alpha value is 0.411. The molecule has 1 aliphatic rings. The standard InChI is InChI=1S/C15H36O6Si3/c1-13(2)16-10-22(7)19-23(8,11-17-14(3)4)21-24(9,20-22)12-18-15(5)6/h13-15H,10-12H2,1-9H3. The van der Waals surface area contributed by atoms with Gasteiger partial charge in [-0.15, -0.1) is 0 Å². The van der Waals surface area contributed by atoms with Crippen LogP contribution in [0.1, 0.15) is 41.5 Å². The van der Waals surface area contributed by atoms with Crippen LogP contribution in [0.3, 0.4) is 0 Å². The Morgan fingerprint density at radius 2 is 0.750 bits per heavy atom. The van der Waals surface area contributed by atoms with Crippen molar-refractivity contribution in [3.63, 3.8) is 0 Å². The molecule has 0 saturated carbocycles. The maximum atomic E-state index is 6.43. The summed E-state index contributed by atoms with van der Waals surface area (Å²) in [4.78, 5) is 0. The van der Waals surface area contributed by atoms with Crippen LogP contribution in [0.15, 0.2) is 0 Å². The van der Waals surface area contributed by atoms with Crippen LogP contribution >= 0.6 is 0 Å². The topological polar surface area (TPSA) is 55.4 Å². The fourth-order valence-electron chi connectivity index (χ4n) is 2.56. The average Bonchev–Trinajstić information content (AvgIpc) is 2.40. The Kier molecular flexibility index (Phi) is 8.30. The highest BCUT2D eigenvalue weighted by Crippen LogP contribution is 2.32. The van der Waals surface area contributed by atoms with Crippen LogP contribution < -0.4 is 0 Å². The smallest absolute Gasteiger partial charge is 0.344 e. The molecule has 0 spiro atoms. The van der Waals surface area contributed by atoms with Crippen molar-refractivity contribution < 1.29 is 26.6 Å². The first-order valence-electron chi connectivity index (χ1n) is 8.82. The second-order valence-corrected chi connectivity index (χ2v) is 17.9. The van der Waals surface area contributed by atoms with Crippen molar-refractivity contribution in [1.29, 1.82) is 0 Å². The van der Waals surface area contributed by atoms with Gasteiger partial charge >= 0.3 is 25.7 Å². The molecule has 0 aliphatic carbocycles. The molecule has 24 heavy (non-hydrogen) atoms. The van der Waals surface area contributed by atoms with Crippen molar-refractivity contribution in [3.8, 4) is 0 Å². The molecule has 0 aromatic carbocycles. The summed E-state index contributed by atoms with van der Waals surface area (Å²) < 4.78 is 36.8. The molecule has 9 heteroatoms. The molecule has 144 valence electrons. The summed E-state index contributed by atoms with van der Waals surface area (Å²) in [5.41, 5.74) is 0. The summed E-state index contributed by atoms with van der Waals surface area (Å²) in [6, 6.07) is 0. The highest BCUT2D eigenvalue weighted by molar-refractivity contribution is 6.93. The molecule has 1 saturated heterocycles. The van der Waals surface area contributed by atoms with E-state index in [4.69, 9.17) is 26.6 Å². The SMILES string of the molecule is CC(C)OC[Si]1(C)O[Si](C)(COC(C)C)O[Si](C)(COC(C)C)O1. The van der Waals surface area contributed by atoms with Gasteiger partial charge in [-0.05, 0) is 61.2 Å². The van der Waals surface area contributed by atoms with Gasteiger partial charge in [0.1, 0.15) is 0 Å². The summed E-state index contributed by atoms with van der Waals surface area (Å²) >= 11 is 0. The van der Waals surface area contributed by atoms with E-state index in [1.54, 1.807) is 0 Å². The van der Waals surface area contributed by atoms with Gasteiger partial charge in [-0.25, -0.2) is 0 Å². The van der Waals surface area contributed by atoms with E-state index in [0.29, 0.717) is 18.7 Å². The molecule has 0 N–H and O–H groups in total. The van der Waals surface area contributed by atoms with Crippen molar-refractivity contribution in [1.82, 2.24) is 0 Å². The zero-order chi connectivity index (χ0) is 18.6. The first-order valence-corrected chi connectivity index (χ1v) is 16.4. The molecule has 0 aromatic heterocycles. The zero-order valence-corrected chi connectivity index (χ0v) is 19.8. The van der Waals surface area contributed by atoms with E-state index in [2.05, 4.69) is 19.6 Å². The quantitative estimate of drug-likeness (QED) is 0.558. The van der Waals surface area contributed by atoms with Crippen LogP contribution in [0, 0.1) is 0 Å². The van der Waals surface area contributed by atoms with Crippen LogP contribution in [0.4, 0.5) is 0 Å². The van der Waals surface area contributed by atoms with Crippen LogP contribution in [0.2, 0.25) is 19.6 Å². The Labute approximate surface area is 150 Å². The minimum atomic E-state index is -2.50. The summed E-state index contributed by atoms with van der Waals surface area (Å²) in [6.45, 7) is 18.3. The van der Waals surface area contributed by atoms with E-state index in [-0.39, 0.29) is 18.3 Å². The first kappa shape index (κ1) is 22.5. The average molecular weight is 397 g/mol. The van der Waals surface area contributed by atoms with Crippen molar-refractivity contribution in [3.05, 3.63) is 0 Å². The molecule has 1 rings (SSSR count). The Balaban J connectivity index is 2.92. The molecule has 0 amide bonds. The zero-order valence-electron chi connectivity index (χ0n) is 16.8. The van der Waals surface area contributed by atoms with Gasteiger partial charge in [-0.3, -0.25) is 0 Å². The van der Waals surface area contributed by atoms with Gasteiger partial charge in [0.2, 0.25) is 0 Å². The number of hydrogen-bond acceptors (Lipinski definition) is 6. The third kappa shape index (κ3) is 7.75. The van der Waals surface area contributed by atoms with Gasteiger partial charge in [0.15, 0.2) is 0 Å². The normalized spacial score (nSPS) is 34.5. The first-order chi connectivity index (χ1) is 10.9. The van der Waals surface area contributed by atoms with Crippen LogP contribution in [-0.4, -0.2) is 62.7 Å². The lowest BCUT2D eigenvalue weighted by molar-refractivity contribution is 0.0524. The highest BCUT2D eigenvalue weighted by Gasteiger charge is 2.57. The molecule has 0 unspecified atom stereocenters. The van der Waals surface area contributed by atoms with Gasteiger partial charge in [0.05, 0.1) is 37.0 Å². The van der Waals surface area contributed by atoms with Crippen LogP contribution in [0.25, 0.3) is 0 Å². The lowest BCUT2D eigenvalue weighted by Crippen LogP contribution is -2.72. The predicted octanol–water partition coefficient (Wildman–Crippen LogP) is 3.16.